The lowest BCUT2D eigenvalue weighted by Gasteiger charge is -2.10. The number of benzene rings is 2. The summed E-state index contributed by atoms with van der Waals surface area (Å²) in [6.45, 7) is 0.413. The third kappa shape index (κ3) is 2.88. The van der Waals surface area contributed by atoms with Gasteiger partial charge in [0.2, 0.25) is 0 Å². The Morgan fingerprint density at radius 2 is 1.80 bits per heavy atom. The van der Waals surface area contributed by atoms with Crippen molar-refractivity contribution >= 4 is 45.1 Å². The van der Waals surface area contributed by atoms with Crippen LogP contribution in [0.1, 0.15) is 5.56 Å². The van der Waals surface area contributed by atoms with E-state index in [1.165, 1.54) is 0 Å². The van der Waals surface area contributed by atoms with Gasteiger partial charge in [-0.1, -0.05) is 41.9 Å². The highest BCUT2D eigenvalue weighted by molar-refractivity contribution is 14.1. The lowest BCUT2D eigenvalue weighted by molar-refractivity contribution is 0.304. The van der Waals surface area contributed by atoms with Gasteiger partial charge in [-0.2, -0.15) is 0 Å². The van der Waals surface area contributed by atoms with Crippen LogP contribution in [0.25, 0.3) is 10.9 Å². The SMILES string of the molecule is Clc1nc2ccccc2cc1COc1ccccc1I. The third-order valence-electron chi connectivity index (χ3n) is 2.97. The third-order valence-corrected chi connectivity index (χ3v) is 4.19. The van der Waals surface area contributed by atoms with E-state index in [1.807, 2.05) is 54.6 Å². The number of halogens is 2. The van der Waals surface area contributed by atoms with Crippen molar-refractivity contribution in [2.75, 3.05) is 0 Å². The minimum Gasteiger partial charge on any atom is -0.488 e. The van der Waals surface area contributed by atoms with Crippen LogP contribution in [0, 0.1) is 3.57 Å². The molecule has 3 rings (SSSR count). The van der Waals surface area contributed by atoms with Crippen molar-refractivity contribution in [3.8, 4) is 5.75 Å². The number of nitrogens with zero attached hydrogens (tertiary/aromatic N) is 1. The fourth-order valence-electron chi connectivity index (χ4n) is 1.95. The molecular weight excluding hydrogens is 385 g/mol. The molecule has 0 saturated carbocycles. The molecule has 0 unspecified atom stereocenters. The van der Waals surface area contributed by atoms with Gasteiger partial charge in [-0.25, -0.2) is 4.98 Å². The van der Waals surface area contributed by atoms with Gasteiger partial charge in [-0.05, 0) is 46.9 Å². The molecule has 1 aromatic heterocycles. The summed E-state index contributed by atoms with van der Waals surface area (Å²) in [6.07, 6.45) is 0. The van der Waals surface area contributed by atoms with Gasteiger partial charge in [0, 0.05) is 10.9 Å². The monoisotopic (exact) mass is 395 g/mol. The van der Waals surface area contributed by atoms with Crippen LogP contribution < -0.4 is 4.74 Å². The summed E-state index contributed by atoms with van der Waals surface area (Å²) in [5, 5.41) is 1.56. The van der Waals surface area contributed by atoms with Crippen LogP contribution in [0.2, 0.25) is 5.15 Å². The van der Waals surface area contributed by atoms with Gasteiger partial charge in [0.15, 0.2) is 0 Å². The summed E-state index contributed by atoms with van der Waals surface area (Å²) in [5.74, 6) is 0.859. The van der Waals surface area contributed by atoms with Gasteiger partial charge < -0.3 is 4.74 Å². The number of hydrogen-bond acceptors (Lipinski definition) is 2. The molecule has 0 radical (unpaired) electrons. The molecule has 1 heterocycles. The van der Waals surface area contributed by atoms with E-state index in [0.717, 1.165) is 25.8 Å². The Bertz CT molecular complexity index is 760. The van der Waals surface area contributed by atoms with Crippen LogP contribution in [-0.2, 0) is 6.61 Å². The van der Waals surface area contributed by atoms with Crippen LogP contribution >= 0.6 is 34.2 Å². The topological polar surface area (TPSA) is 22.1 Å². The molecule has 0 fully saturated rings. The highest BCUT2D eigenvalue weighted by atomic mass is 127. The first-order chi connectivity index (χ1) is 9.74. The Morgan fingerprint density at radius 1 is 1.05 bits per heavy atom. The molecule has 3 aromatic rings. The van der Waals surface area contributed by atoms with Crippen LogP contribution in [0.15, 0.2) is 54.6 Å². The summed E-state index contributed by atoms with van der Waals surface area (Å²) in [6, 6.07) is 17.8. The molecule has 0 spiro atoms. The number of hydrogen-bond donors (Lipinski definition) is 0. The van der Waals surface area contributed by atoms with E-state index >= 15 is 0 Å². The van der Waals surface area contributed by atoms with E-state index in [2.05, 4.69) is 27.6 Å². The largest absolute Gasteiger partial charge is 0.488 e. The van der Waals surface area contributed by atoms with Crippen molar-refractivity contribution < 1.29 is 4.74 Å². The van der Waals surface area contributed by atoms with E-state index in [-0.39, 0.29) is 0 Å². The Labute approximate surface area is 135 Å². The number of pyridine rings is 1. The maximum absolute atomic E-state index is 6.22. The first-order valence-electron chi connectivity index (χ1n) is 6.15. The smallest absolute Gasteiger partial charge is 0.136 e. The highest BCUT2D eigenvalue weighted by Gasteiger charge is 2.07. The van der Waals surface area contributed by atoms with Gasteiger partial charge in [0.05, 0.1) is 9.09 Å². The van der Waals surface area contributed by atoms with Crippen molar-refractivity contribution in [3.05, 3.63) is 68.9 Å². The normalized spacial score (nSPS) is 10.7. The maximum Gasteiger partial charge on any atom is 0.136 e. The highest BCUT2D eigenvalue weighted by Crippen LogP contribution is 2.24. The van der Waals surface area contributed by atoms with Crippen molar-refractivity contribution in [2.24, 2.45) is 0 Å². The number of ether oxygens (including phenoxy) is 1. The second kappa shape index (κ2) is 5.97. The molecule has 0 atom stereocenters. The molecule has 0 amide bonds. The van der Waals surface area contributed by atoms with Gasteiger partial charge in [0.1, 0.15) is 17.5 Å². The van der Waals surface area contributed by atoms with Crippen LogP contribution in [0.4, 0.5) is 0 Å². The predicted molar refractivity (Wildman–Crippen MR) is 90.2 cm³/mol. The fourth-order valence-corrected chi connectivity index (χ4v) is 2.70. The molecule has 100 valence electrons. The number of para-hydroxylation sites is 2. The fraction of sp³-hybridized carbons (Fsp3) is 0.0625. The summed E-state index contributed by atoms with van der Waals surface area (Å²) in [7, 11) is 0. The quantitative estimate of drug-likeness (QED) is 0.456. The second-order valence-corrected chi connectivity index (χ2v) is 5.87. The summed E-state index contributed by atoms with van der Waals surface area (Å²) < 4.78 is 6.90. The first-order valence-corrected chi connectivity index (χ1v) is 7.61. The molecule has 4 heteroatoms. The molecule has 20 heavy (non-hydrogen) atoms. The Hall–Kier alpha value is -1.33. The first kappa shape index (κ1) is 13.6. The van der Waals surface area contributed by atoms with Crippen LogP contribution in [0.3, 0.4) is 0 Å². The average Bonchev–Trinajstić information content (AvgIpc) is 2.46. The molecule has 0 aliphatic rings. The van der Waals surface area contributed by atoms with Crippen molar-refractivity contribution in [1.82, 2.24) is 4.98 Å². The van der Waals surface area contributed by atoms with E-state index in [1.54, 1.807) is 0 Å². The lowest BCUT2D eigenvalue weighted by atomic mass is 10.2. The number of rotatable bonds is 3. The standard InChI is InChI=1S/C16H11ClINO/c17-16-12(9-11-5-1-3-7-14(11)19-16)10-20-15-8-4-2-6-13(15)18/h1-9H,10H2. The Balaban J connectivity index is 1.87. The Kier molecular flexibility index (Phi) is 4.08. The van der Waals surface area contributed by atoms with E-state index in [0.29, 0.717) is 11.8 Å². The van der Waals surface area contributed by atoms with E-state index in [9.17, 15) is 0 Å². The van der Waals surface area contributed by atoms with E-state index < -0.39 is 0 Å². The molecule has 0 bridgehead atoms. The summed E-state index contributed by atoms with van der Waals surface area (Å²) >= 11 is 8.47. The molecule has 0 aliphatic heterocycles. The van der Waals surface area contributed by atoms with Crippen LogP contribution in [0.5, 0.6) is 5.75 Å². The molecule has 0 N–H and O–H groups in total. The zero-order chi connectivity index (χ0) is 13.9. The van der Waals surface area contributed by atoms with Crippen molar-refractivity contribution in [3.63, 3.8) is 0 Å². The molecule has 2 nitrogen and oxygen atoms in total. The minimum absolute atomic E-state index is 0.413. The summed E-state index contributed by atoms with van der Waals surface area (Å²) in [5.41, 5.74) is 1.79. The molecule has 0 aliphatic carbocycles. The molecule has 0 saturated heterocycles. The zero-order valence-corrected chi connectivity index (χ0v) is 13.4. The van der Waals surface area contributed by atoms with Gasteiger partial charge in [-0.15, -0.1) is 0 Å². The van der Waals surface area contributed by atoms with Crippen molar-refractivity contribution in [2.45, 2.75) is 6.61 Å². The van der Waals surface area contributed by atoms with Gasteiger partial charge in [0.25, 0.3) is 0 Å². The number of aromatic nitrogens is 1. The zero-order valence-electron chi connectivity index (χ0n) is 10.5. The van der Waals surface area contributed by atoms with E-state index in [4.69, 9.17) is 16.3 Å². The molecular formula is C16H11ClINO. The van der Waals surface area contributed by atoms with Gasteiger partial charge >= 0.3 is 0 Å². The predicted octanol–water partition coefficient (Wildman–Crippen LogP) is 5.07. The second-order valence-electron chi connectivity index (χ2n) is 4.35. The molecule has 2 aromatic carbocycles. The maximum atomic E-state index is 6.22. The van der Waals surface area contributed by atoms with Crippen molar-refractivity contribution in [1.29, 1.82) is 0 Å². The van der Waals surface area contributed by atoms with Crippen LogP contribution in [-0.4, -0.2) is 4.98 Å². The average molecular weight is 396 g/mol. The summed E-state index contributed by atoms with van der Waals surface area (Å²) in [4.78, 5) is 4.39. The van der Waals surface area contributed by atoms with Gasteiger partial charge in [-0.3, -0.25) is 0 Å². The Morgan fingerprint density at radius 3 is 2.65 bits per heavy atom. The minimum atomic E-state index is 0.413. The number of fused-ring (bicyclic) bond motifs is 1. The lowest BCUT2D eigenvalue weighted by Crippen LogP contribution is -1.99.